The predicted molar refractivity (Wildman–Crippen MR) is 70.0 cm³/mol. The van der Waals surface area contributed by atoms with E-state index in [4.69, 9.17) is 4.74 Å². The van der Waals surface area contributed by atoms with Gasteiger partial charge in [0.1, 0.15) is 5.75 Å². The number of hydrogen-bond acceptors (Lipinski definition) is 3. The van der Waals surface area contributed by atoms with Gasteiger partial charge in [0, 0.05) is 18.5 Å². The average Bonchev–Trinajstić information content (AvgIpc) is 2.28. The van der Waals surface area contributed by atoms with Crippen LogP contribution in [0, 0.1) is 13.8 Å². The first-order valence-corrected chi connectivity index (χ1v) is 5.79. The molecule has 1 rings (SSSR count). The van der Waals surface area contributed by atoms with Crippen molar-refractivity contribution in [1.82, 2.24) is 4.90 Å². The summed E-state index contributed by atoms with van der Waals surface area (Å²) in [6, 6.07) is 3.85. The van der Waals surface area contributed by atoms with Crippen LogP contribution < -0.4 is 4.74 Å². The Balaban J connectivity index is 2.91. The second-order valence-electron chi connectivity index (χ2n) is 4.61. The molecule has 0 aliphatic heterocycles. The van der Waals surface area contributed by atoms with Crippen LogP contribution in [0.2, 0.25) is 0 Å². The van der Waals surface area contributed by atoms with Crippen molar-refractivity contribution < 1.29 is 9.53 Å². The molecule has 0 spiro atoms. The Kier molecular flexibility index (Phi) is 4.70. The maximum atomic E-state index is 12.1. The third kappa shape index (κ3) is 3.56. The summed E-state index contributed by atoms with van der Waals surface area (Å²) in [5, 5.41) is 0. The van der Waals surface area contributed by atoms with Crippen molar-refractivity contribution in [1.29, 1.82) is 0 Å². The molecule has 3 heteroatoms. The summed E-state index contributed by atoms with van der Waals surface area (Å²) in [5.74, 6) is 1.04. The molecule has 0 amide bonds. The van der Waals surface area contributed by atoms with Gasteiger partial charge < -0.3 is 9.64 Å². The van der Waals surface area contributed by atoms with Gasteiger partial charge in [-0.15, -0.1) is 0 Å². The lowest BCUT2D eigenvalue weighted by Gasteiger charge is -2.12. The van der Waals surface area contributed by atoms with Crippen LogP contribution in [-0.2, 0) is 0 Å². The summed E-state index contributed by atoms with van der Waals surface area (Å²) in [6.45, 7) is 4.69. The Morgan fingerprint density at radius 3 is 2.41 bits per heavy atom. The number of ketones is 1. The average molecular weight is 235 g/mol. The lowest BCUT2D eigenvalue weighted by atomic mass is 9.99. The Labute approximate surface area is 103 Å². The molecule has 0 aliphatic rings. The van der Waals surface area contributed by atoms with Gasteiger partial charge in [-0.05, 0) is 51.2 Å². The molecule has 1 aromatic rings. The molecule has 0 bridgehead atoms. The normalized spacial score (nSPS) is 10.7. The van der Waals surface area contributed by atoms with Crippen molar-refractivity contribution in [3.05, 3.63) is 28.8 Å². The fraction of sp³-hybridized carbons (Fsp3) is 0.500. The molecule has 0 atom stereocenters. The minimum Gasteiger partial charge on any atom is -0.496 e. The van der Waals surface area contributed by atoms with Gasteiger partial charge in [-0.2, -0.15) is 0 Å². The number of nitrogens with zero attached hydrogens (tertiary/aromatic N) is 1. The second kappa shape index (κ2) is 5.82. The Bertz CT molecular complexity index is 411. The van der Waals surface area contributed by atoms with E-state index >= 15 is 0 Å². The van der Waals surface area contributed by atoms with Gasteiger partial charge in [-0.25, -0.2) is 0 Å². The van der Waals surface area contributed by atoms with Gasteiger partial charge in [0.2, 0.25) is 0 Å². The number of aryl methyl sites for hydroxylation is 2. The number of Topliss-reactive ketones (excluding diaryl/α,β-unsaturated/α-hetero) is 1. The van der Waals surface area contributed by atoms with Crippen LogP contribution >= 0.6 is 0 Å². The molecular weight excluding hydrogens is 214 g/mol. The smallest absolute Gasteiger partial charge is 0.164 e. The van der Waals surface area contributed by atoms with E-state index in [0.717, 1.165) is 29.0 Å². The number of rotatable bonds is 5. The van der Waals surface area contributed by atoms with Gasteiger partial charge in [-0.1, -0.05) is 0 Å². The van der Waals surface area contributed by atoms with Crippen LogP contribution in [0.25, 0.3) is 0 Å². The van der Waals surface area contributed by atoms with E-state index < -0.39 is 0 Å². The molecule has 3 nitrogen and oxygen atoms in total. The second-order valence-corrected chi connectivity index (χ2v) is 4.61. The molecular formula is C14H21NO2. The zero-order valence-corrected chi connectivity index (χ0v) is 11.3. The molecule has 1 aromatic carbocycles. The first-order chi connectivity index (χ1) is 7.95. The number of methoxy groups -OCH3 is 1. The van der Waals surface area contributed by atoms with E-state index in [1.807, 2.05) is 45.0 Å². The highest BCUT2D eigenvalue weighted by molar-refractivity contribution is 5.98. The maximum Gasteiger partial charge on any atom is 0.164 e. The standard InChI is InChI=1S/C14H21NO2/c1-10-9-14(17-5)11(2)8-12(10)13(16)6-7-15(3)4/h8-9H,6-7H2,1-5H3. The Morgan fingerprint density at radius 2 is 1.88 bits per heavy atom. The quantitative estimate of drug-likeness (QED) is 0.734. The SMILES string of the molecule is COc1cc(C)c(C(=O)CCN(C)C)cc1C. The molecule has 0 saturated carbocycles. The maximum absolute atomic E-state index is 12.1. The third-order valence-electron chi connectivity index (χ3n) is 2.83. The molecule has 0 aliphatic carbocycles. The largest absolute Gasteiger partial charge is 0.496 e. The number of hydrogen-bond donors (Lipinski definition) is 0. The first kappa shape index (κ1) is 13.7. The number of carbonyl (C=O) groups is 1. The molecule has 0 heterocycles. The minimum absolute atomic E-state index is 0.196. The van der Waals surface area contributed by atoms with E-state index in [9.17, 15) is 4.79 Å². The fourth-order valence-corrected chi connectivity index (χ4v) is 1.77. The predicted octanol–water partition coefficient (Wildman–Crippen LogP) is 2.45. The Morgan fingerprint density at radius 1 is 1.24 bits per heavy atom. The fourth-order valence-electron chi connectivity index (χ4n) is 1.77. The van der Waals surface area contributed by atoms with Crippen LogP contribution in [0.1, 0.15) is 27.9 Å². The van der Waals surface area contributed by atoms with Crippen molar-refractivity contribution in [3.8, 4) is 5.75 Å². The van der Waals surface area contributed by atoms with Crippen molar-refractivity contribution in [2.45, 2.75) is 20.3 Å². The topological polar surface area (TPSA) is 29.5 Å². The van der Waals surface area contributed by atoms with E-state index in [2.05, 4.69) is 0 Å². The van der Waals surface area contributed by atoms with Crippen LogP contribution in [-0.4, -0.2) is 38.4 Å². The highest BCUT2D eigenvalue weighted by Gasteiger charge is 2.12. The van der Waals surface area contributed by atoms with Gasteiger partial charge in [0.25, 0.3) is 0 Å². The lowest BCUT2D eigenvalue weighted by molar-refractivity contribution is 0.0972. The first-order valence-electron chi connectivity index (χ1n) is 5.79. The van der Waals surface area contributed by atoms with Crippen LogP contribution in [0.5, 0.6) is 5.75 Å². The highest BCUT2D eigenvalue weighted by atomic mass is 16.5. The van der Waals surface area contributed by atoms with E-state index in [0.29, 0.717) is 6.42 Å². The minimum atomic E-state index is 0.196. The zero-order chi connectivity index (χ0) is 13.0. The van der Waals surface area contributed by atoms with E-state index in [1.165, 1.54) is 0 Å². The summed E-state index contributed by atoms with van der Waals surface area (Å²) in [6.07, 6.45) is 0.555. The van der Waals surface area contributed by atoms with Gasteiger partial charge in [-0.3, -0.25) is 4.79 Å². The molecule has 0 fully saturated rings. The molecule has 0 radical (unpaired) electrons. The molecule has 0 unspecified atom stereocenters. The summed E-state index contributed by atoms with van der Waals surface area (Å²) >= 11 is 0. The van der Waals surface area contributed by atoms with Crippen LogP contribution in [0.15, 0.2) is 12.1 Å². The van der Waals surface area contributed by atoms with Gasteiger partial charge in [0.05, 0.1) is 7.11 Å². The van der Waals surface area contributed by atoms with Crippen LogP contribution in [0.3, 0.4) is 0 Å². The molecule has 94 valence electrons. The van der Waals surface area contributed by atoms with E-state index in [1.54, 1.807) is 7.11 Å². The number of benzene rings is 1. The number of carbonyl (C=O) groups excluding carboxylic acids is 1. The van der Waals surface area contributed by atoms with Crippen molar-refractivity contribution >= 4 is 5.78 Å². The summed E-state index contributed by atoms with van der Waals surface area (Å²) in [7, 11) is 5.59. The highest BCUT2D eigenvalue weighted by Crippen LogP contribution is 2.23. The lowest BCUT2D eigenvalue weighted by Crippen LogP contribution is -2.17. The van der Waals surface area contributed by atoms with Crippen molar-refractivity contribution in [3.63, 3.8) is 0 Å². The summed E-state index contributed by atoms with van der Waals surface area (Å²) < 4.78 is 5.24. The molecule has 0 saturated heterocycles. The Hall–Kier alpha value is -1.35. The molecule has 0 N–H and O–H groups in total. The third-order valence-corrected chi connectivity index (χ3v) is 2.83. The molecule has 0 aromatic heterocycles. The summed E-state index contributed by atoms with van der Waals surface area (Å²) in [5.41, 5.74) is 2.80. The van der Waals surface area contributed by atoms with Gasteiger partial charge in [0.15, 0.2) is 5.78 Å². The molecule has 17 heavy (non-hydrogen) atoms. The number of ether oxygens (including phenoxy) is 1. The van der Waals surface area contributed by atoms with E-state index in [-0.39, 0.29) is 5.78 Å². The van der Waals surface area contributed by atoms with Crippen molar-refractivity contribution in [2.24, 2.45) is 0 Å². The summed E-state index contributed by atoms with van der Waals surface area (Å²) in [4.78, 5) is 14.1. The van der Waals surface area contributed by atoms with Crippen molar-refractivity contribution in [2.75, 3.05) is 27.7 Å². The zero-order valence-electron chi connectivity index (χ0n) is 11.3. The van der Waals surface area contributed by atoms with Crippen LogP contribution in [0.4, 0.5) is 0 Å². The monoisotopic (exact) mass is 235 g/mol. The van der Waals surface area contributed by atoms with Gasteiger partial charge >= 0.3 is 0 Å².